The van der Waals surface area contributed by atoms with Gasteiger partial charge in [-0.1, -0.05) is 0 Å². The van der Waals surface area contributed by atoms with E-state index in [1.165, 1.54) is 18.2 Å². The molecule has 0 radical (unpaired) electrons. The van der Waals surface area contributed by atoms with Gasteiger partial charge in [0.2, 0.25) is 10.0 Å². The molecule has 0 saturated heterocycles. The molecule has 0 aliphatic carbocycles. The Morgan fingerprint density at radius 2 is 1.82 bits per heavy atom. The SMILES string of the molecule is CCOc1ccc(-c2nc(C(F)(F)F)nn2-c2ccc(S(N)(=O)=O)cn2)cc1. The van der Waals surface area contributed by atoms with Crippen molar-refractivity contribution in [1.29, 1.82) is 0 Å². The van der Waals surface area contributed by atoms with Crippen LogP contribution in [-0.2, 0) is 16.2 Å². The number of rotatable bonds is 5. The topological polar surface area (TPSA) is 113 Å². The Balaban J connectivity index is 2.10. The van der Waals surface area contributed by atoms with Crippen LogP contribution in [0.1, 0.15) is 12.7 Å². The molecule has 8 nitrogen and oxygen atoms in total. The first-order valence-corrected chi connectivity index (χ1v) is 9.41. The van der Waals surface area contributed by atoms with Gasteiger partial charge in [-0.25, -0.2) is 23.5 Å². The first-order valence-electron chi connectivity index (χ1n) is 7.86. The van der Waals surface area contributed by atoms with E-state index in [0.717, 1.165) is 16.9 Å². The van der Waals surface area contributed by atoms with Crippen LogP contribution >= 0.6 is 0 Å². The van der Waals surface area contributed by atoms with E-state index in [0.29, 0.717) is 17.9 Å². The molecule has 3 rings (SSSR count). The number of nitrogens with zero attached hydrogens (tertiary/aromatic N) is 4. The van der Waals surface area contributed by atoms with Crippen LogP contribution in [0.4, 0.5) is 13.2 Å². The fraction of sp³-hybridized carbons (Fsp3) is 0.188. The van der Waals surface area contributed by atoms with E-state index in [2.05, 4.69) is 15.1 Å². The smallest absolute Gasteiger partial charge is 0.453 e. The van der Waals surface area contributed by atoms with Gasteiger partial charge in [0.15, 0.2) is 11.6 Å². The minimum Gasteiger partial charge on any atom is -0.494 e. The van der Waals surface area contributed by atoms with Crippen molar-refractivity contribution in [2.75, 3.05) is 6.61 Å². The fourth-order valence-electron chi connectivity index (χ4n) is 2.31. The Bertz CT molecular complexity index is 1080. The summed E-state index contributed by atoms with van der Waals surface area (Å²) in [5.74, 6) is -0.983. The van der Waals surface area contributed by atoms with Crippen LogP contribution in [0.15, 0.2) is 47.5 Å². The highest BCUT2D eigenvalue weighted by atomic mass is 32.2. The van der Waals surface area contributed by atoms with Gasteiger partial charge in [-0.05, 0) is 43.3 Å². The summed E-state index contributed by atoms with van der Waals surface area (Å²) in [6.07, 6.45) is -3.84. The number of nitrogens with two attached hydrogens (primary N) is 1. The van der Waals surface area contributed by atoms with Crippen LogP contribution in [0.2, 0.25) is 0 Å². The first kappa shape index (κ1) is 19.8. The first-order chi connectivity index (χ1) is 13.1. The number of aromatic nitrogens is 4. The van der Waals surface area contributed by atoms with E-state index >= 15 is 0 Å². The molecule has 148 valence electrons. The zero-order valence-corrected chi connectivity index (χ0v) is 15.2. The predicted octanol–water partition coefficient (Wildman–Crippen LogP) is 2.39. The van der Waals surface area contributed by atoms with Crippen LogP contribution < -0.4 is 9.88 Å². The Kier molecular flexibility index (Phi) is 5.08. The number of benzene rings is 1. The third kappa shape index (κ3) is 4.12. The molecule has 12 heteroatoms. The summed E-state index contributed by atoms with van der Waals surface area (Å²) in [6, 6.07) is 8.54. The van der Waals surface area contributed by atoms with Gasteiger partial charge in [0.05, 0.1) is 6.61 Å². The maximum Gasteiger partial charge on any atom is 0.453 e. The minimum atomic E-state index is -4.77. The minimum absolute atomic E-state index is 0.0562. The lowest BCUT2D eigenvalue weighted by molar-refractivity contribution is -0.144. The molecule has 2 N–H and O–H groups in total. The van der Waals surface area contributed by atoms with E-state index in [1.807, 2.05) is 0 Å². The van der Waals surface area contributed by atoms with Crippen LogP contribution in [0.25, 0.3) is 17.2 Å². The molecule has 3 aromatic rings. The molecule has 0 fully saturated rings. The third-order valence-corrected chi connectivity index (χ3v) is 4.45. The molecule has 1 aromatic carbocycles. The Morgan fingerprint density at radius 1 is 1.14 bits per heavy atom. The standard InChI is InChI=1S/C16H14F3N5O3S/c1-2-27-11-5-3-10(4-6-11)14-22-15(16(17,18)19)23-24(14)13-8-7-12(9-21-13)28(20,25)26/h3-9H,2H2,1H3,(H2,20,25,26). The normalized spacial score (nSPS) is 12.2. The van der Waals surface area contributed by atoms with Gasteiger partial charge in [0.1, 0.15) is 10.6 Å². The second kappa shape index (κ2) is 7.20. The lowest BCUT2D eigenvalue weighted by Gasteiger charge is -2.07. The van der Waals surface area contributed by atoms with Crippen molar-refractivity contribution in [3.05, 3.63) is 48.4 Å². The molecule has 0 atom stereocenters. The summed E-state index contributed by atoms with van der Waals surface area (Å²) in [6.45, 7) is 2.24. The summed E-state index contributed by atoms with van der Waals surface area (Å²) in [7, 11) is -3.99. The largest absolute Gasteiger partial charge is 0.494 e. The summed E-state index contributed by atoms with van der Waals surface area (Å²) < 4.78 is 68.2. The van der Waals surface area contributed by atoms with Gasteiger partial charge in [0.25, 0.3) is 5.82 Å². The average Bonchev–Trinajstić information content (AvgIpc) is 3.08. The highest BCUT2D eigenvalue weighted by Crippen LogP contribution is 2.30. The van der Waals surface area contributed by atoms with Crippen molar-refractivity contribution in [2.24, 2.45) is 5.14 Å². The van der Waals surface area contributed by atoms with Crippen molar-refractivity contribution in [2.45, 2.75) is 18.0 Å². The van der Waals surface area contributed by atoms with Gasteiger partial charge in [-0.3, -0.25) is 0 Å². The molecule has 0 amide bonds. The quantitative estimate of drug-likeness (QED) is 0.687. The summed E-state index contributed by atoms with van der Waals surface area (Å²) >= 11 is 0. The van der Waals surface area contributed by atoms with Gasteiger partial charge in [-0.2, -0.15) is 17.9 Å². The van der Waals surface area contributed by atoms with E-state index in [-0.39, 0.29) is 16.5 Å². The second-order valence-electron chi connectivity index (χ2n) is 5.52. The van der Waals surface area contributed by atoms with Crippen LogP contribution in [0, 0.1) is 0 Å². The summed E-state index contributed by atoms with van der Waals surface area (Å²) in [4.78, 5) is 7.15. The number of hydrogen-bond donors (Lipinski definition) is 1. The van der Waals surface area contributed by atoms with Crippen molar-refractivity contribution in [3.8, 4) is 23.0 Å². The molecule has 0 spiro atoms. The van der Waals surface area contributed by atoms with Gasteiger partial charge in [0, 0.05) is 11.8 Å². The monoisotopic (exact) mass is 413 g/mol. The fourth-order valence-corrected chi connectivity index (χ4v) is 2.77. The van der Waals surface area contributed by atoms with Crippen molar-refractivity contribution in [1.82, 2.24) is 19.7 Å². The van der Waals surface area contributed by atoms with E-state index in [4.69, 9.17) is 9.88 Å². The van der Waals surface area contributed by atoms with Crippen molar-refractivity contribution < 1.29 is 26.3 Å². The Hall–Kier alpha value is -2.99. The van der Waals surface area contributed by atoms with Crippen molar-refractivity contribution >= 4 is 10.0 Å². The second-order valence-corrected chi connectivity index (χ2v) is 7.08. The van der Waals surface area contributed by atoms with Gasteiger partial charge in [-0.15, -0.1) is 5.10 Å². The number of sulfonamides is 1. The Morgan fingerprint density at radius 3 is 2.32 bits per heavy atom. The average molecular weight is 413 g/mol. The molecular weight excluding hydrogens is 399 g/mol. The van der Waals surface area contributed by atoms with Gasteiger partial charge < -0.3 is 4.74 Å². The van der Waals surface area contributed by atoms with Crippen molar-refractivity contribution in [3.63, 3.8) is 0 Å². The van der Waals surface area contributed by atoms with E-state index in [9.17, 15) is 21.6 Å². The summed E-state index contributed by atoms with van der Waals surface area (Å²) in [5.41, 5.74) is 0.337. The number of hydrogen-bond acceptors (Lipinski definition) is 6. The number of ether oxygens (including phenoxy) is 1. The lowest BCUT2D eigenvalue weighted by Crippen LogP contribution is -2.13. The van der Waals surface area contributed by atoms with Crippen LogP contribution in [0.5, 0.6) is 5.75 Å². The molecule has 2 aromatic heterocycles. The zero-order valence-electron chi connectivity index (χ0n) is 14.4. The van der Waals surface area contributed by atoms with Crippen LogP contribution in [-0.4, -0.2) is 34.8 Å². The molecule has 0 unspecified atom stereocenters. The molecule has 28 heavy (non-hydrogen) atoms. The lowest BCUT2D eigenvalue weighted by atomic mass is 10.2. The molecule has 0 aliphatic rings. The predicted molar refractivity (Wildman–Crippen MR) is 92.1 cm³/mol. The molecule has 0 saturated carbocycles. The van der Waals surface area contributed by atoms with Gasteiger partial charge >= 0.3 is 6.18 Å². The Labute approximate surface area is 157 Å². The number of halogens is 3. The maximum absolute atomic E-state index is 13.1. The number of alkyl halides is 3. The molecule has 0 aliphatic heterocycles. The third-order valence-electron chi connectivity index (χ3n) is 3.55. The summed E-state index contributed by atoms with van der Waals surface area (Å²) in [5, 5.41) is 8.49. The van der Waals surface area contributed by atoms with Crippen LogP contribution in [0.3, 0.4) is 0 Å². The van der Waals surface area contributed by atoms with E-state index in [1.54, 1.807) is 19.1 Å². The molecule has 2 heterocycles. The highest BCUT2D eigenvalue weighted by molar-refractivity contribution is 7.89. The van der Waals surface area contributed by atoms with E-state index < -0.39 is 22.0 Å². The number of primary sulfonamides is 1. The zero-order chi connectivity index (χ0) is 20.5. The number of pyridine rings is 1. The maximum atomic E-state index is 13.1. The molecular formula is C16H14F3N5O3S. The highest BCUT2D eigenvalue weighted by Gasteiger charge is 2.37. The molecule has 0 bridgehead atoms.